The Labute approximate surface area is 292 Å². The Bertz CT molecular complexity index is 1810. The summed E-state index contributed by atoms with van der Waals surface area (Å²) in [6.07, 6.45) is 0.129. The third kappa shape index (κ3) is 9.00. The van der Waals surface area contributed by atoms with Gasteiger partial charge in [0.2, 0.25) is 11.8 Å². The number of hydrogen-bond acceptors (Lipinski definition) is 6. The van der Waals surface area contributed by atoms with E-state index in [-0.39, 0.29) is 29.3 Å². The van der Waals surface area contributed by atoms with Crippen LogP contribution in [0.15, 0.2) is 102 Å². The fraction of sp³-hybridized carbons (Fsp3) is 0.278. The molecule has 0 aliphatic rings. The van der Waals surface area contributed by atoms with Gasteiger partial charge in [-0.05, 0) is 62.7 Å². The van der Waals surface area contributed by atoms with E-state index in [1.54, 1.807) is 48.5 Å². The molecule has 1 atom stereocenters. The quantitative estimate of drug-likeness (QED) is 0.164. The van der Waals surface area contributed by atoms with Crippen LogP contribution in [-0.4, -0.2) is 57.5 Å². The molecule has 9 nitrogen and oxygen atoms in total. The molecule has 0 unspecified atom stereocenters. The zero-order valence-electron chi connectivity index (χ0n) is 27.4. The predicted octanol–water partition coefficient (Wildman–Crippen LogP) is 6.76. The first-order valence-electron chi connectivity index (χ1n) is 15.1. The monoisotopic (exact) mass is 711 g/mol. The molecule has 12 heteroatoms. The average molecular weight is 713 g/mol. The molecule has 0 aromatic heterocycles. The van der Waals surface area contributed by atoms with Crippen LogP contribution in [0.3, 0.4) is 0 Å². The number of anilines is 1. The Hall–Kier alpha value is -4.25. The van der Waals surface area contributed by atoms with E-state index in [9.17, 15) is 18.0 Å². The maximum Gasteiger partial charge on any atom is 0.264 e. The first-order chi connectivity index (χ1) is 22.7. The highest BCUT2D eigenvalue weighted by Crippen LogP contribution is 2.36. The number of halogens is 2. The van der Waals surface area contributed by atoms with Gasteiger partial charge in [-0.2, -0.15) is 0 Å². The summed E-state index contributed by atoms with van der Waals surface area (Å²) in [5, 5.41) is 3.58. The molecule has 254 valence electrons. The van der Waals surface area contributed by atoms with Gasteiger partial charge < -0.3 is 19.7 Å². The molecule has 0 saturated heterocycles. The first-order valence-corrected chi connectivity index (χ1v) is 17.3. The summed E-state index contributed by atoms with van der Waals surface area (Å²) in [7, 11) is -1.52. The van der Waals surface area contributed by atoms with E-state index in [4.69, 9.17) is 32.7 Å². The van der Waals surface area contributed by atoms with Gasteiger partial charge in [0.05, 0.1) is 24.8 Å². The lowest BCUT2D eigenvalue weighted by molar-refractivity contribution is -0.140. The van der Waals surface area contributed by atoms with Gasteiger partial charge in [0, 0.05) is 40.2 Å². The Morgan fingerprint density at radius 2 is 1.44 bits per heavy atom. The van der Waals surface area contributed by atoms with Crippen molar-refractivity contribution in [3.05, 3.63) is 118 Å². The summed E-state index contributed by atoms with van der Waals surface area (Å²) in [4.78, 5) is 30.1. The number of benzene rings is 4. The van der Waals surface area contributed by atoms with Gasteiger partial charge in [-0.15, -0.1) is 0 Å². The van der Waals surface area contributed by atoms with Crippen LogP contribution >= 0.6 is 23.2 Å². The Kier molecular flexibility index (Phi) is 12.0. The van der Waals surface area contributed by atoms with E-state index in [1.807, 2.05) is 51.1 Å². The van der Waals surface area contributed by atoms with Crippen LogP contribution < -0.4 is 19.1 Å². The molecule has 4 aromatic carbocycles. The topological polar surface area (TPSA) is 105 Å². The van der Waals surface area contributed by atoms with Crippen molar-refractivity contribution in [2.45, 2.75) is 50.2 Å². The standard InChI is InChI=1S/C36H39Cl2N3O6S/c1-36(2,3)39-35(43)32(21-25-13-8-6-9-14-25)40(23-28-29(37)17-12-18-30(28)38)34(42)24-41(48(44,45)27-15-10-7-11-16-27)31-22-26(46-4)19-20-33(31)47-5/h6-20,22,32H,21,23-24H2,1-5H3,(H,39,43)/t32-/m1/s1. The van der Waals surface area contributed by atoms with Crippen molar-refractivity contribution in [1.29, 1.82) is 0 Å². The largest absolute Gasteiger partial charge is 0.497 e. The minimum atomic E-state index is -4.37. The number of nitrogens with one attached hydrogen (secondary N) is 1. The number of sulfonamides is 1. The molecule has 0 spiro atoms. The summed E-state index contributed by atoms with van der Waals surface area (Å²) >= 11 is 13.2. The van der Waals surface area contributed by atoms with Crippen LogP contribution in [0.4, 0.5) is 5.69 Å². The zero-order valence-corrected chi connectivity index (χ0v) is 29.8. The van der Waals surface area contributed by atoms with Gasteiger partial charge in [0.15, 0.2) is 0 Å². The minimum absolute atomic E-state index is 0.0466. The van der Waals surface area contributed by atoms with Crippen molar-refractivity contribution in [3.63, 3.8) is 0 Å². The molecule has 1 N–H and O–H groups in total. The second kappa shape index (κ2) is 15.8. The van der Waals surface area contributed by atoms with Crippen LogP contribution in [0.2, 0.25) is 10.0 Å². The normalized spacial score (nSPS) is 12.1. The number of nitrogens with zero attached hydrogens (tertiary/aromatic N) is 2. The van der Waals surface area contributed by atoms with Gasteiger partial charge >= 0.3 is 0 Å². The molecular weight excluding hydrogens is 673 g/mol. The number of amides is 2. The predicted molar refractivity (Wildman–Crippen MR) is 189 cm³/mol. The summed E-state index contributed by atoms with van der Waals surface area (Å²) in [5.74, 6) is -0.576. The molecule has 0 radical (unpaired) electrons. The average Bonchev–Trinajstić information content (AvgIpc) is 3.06. The van der Waals surface area contributed by atoms with Crippen LogP contribution in [0.1, 0.15) is 31.9 Å². The maximum absolute atomic E-state index is 14.8. The van der Waals surface area contributed by atoms with Gasteiger partial charge in [-0.3, -0.25) is 13.9 Å². The maximum atomic E-state index is 14.8. The van der Waals surface area contributed by atoms with Crippen molar-refractivity contribution in [1.82, 2.24) is 10.2 Å². The number of ether oxygens (including phenoxy) is 2. The van der Waals surface area contributed by atoms with Crippen molar-refractivity contribution < 1.29 is 27.5 Å². The molecule has 0 bridgehead atoms. The Morgan fingerprint density at radius 3 is 2.00 bits per heavy atom. The van der Waals surface area contributed by atoms with E-state index in [0.717, 1.165) is 9.87 Å². The van der Waals surface area contributed by atoms with E-state index in [2.05, 4.69) is 5.32 Å². The number of hydrogen-bond donors (Lipinski definition) is 1. The van der Waals surface area contributed by atoms with Crippen LogP contribution in [0.5, 0.6) is 11.5 Å². The lowest BCUT2D eigenvalue weighted by Crippen LogP contribution is -2.56. The van der Waals surface area contributed by atoms with Gasteiger partial charge in [-0.1, -0.05) is 77.8 Å². The fourth-order valence-electron chi connectivity index (χ4n) is 5.09. The van der Waals surface area contributed by atoms with Crippen molar-refractivity contribution in [2.24, 2.45) is 0 Å². The number of rotatable bonds is 13. The van der Waals surface area contributed by atoms with Crippen LogP contribution in [0.25, 0.3) is 0 Å². The lowest BCUT2D eigenvalue weighted by Gasteiger charge is -2.35. The van der Waals surface area contributed by atoms with Crippen LogP contribution in [-0.2, 0) is 32.6 Å². The molecule has 48 heavy (non-hydrogen) atoms. The highest BCUT2D eigenvalue weighted by atomic mass is 35.5. The summed E-state index contributed by atoms with van der Waals surface area (Å²) in [5.41, 5.74) is 0.632. The highest BCUT2D eigenvalue weighted by Gasteiger charge is 2.37. The molecule has 2 amide bonds. The summed E-state index contributed by atoms with van der Waals surface area (Å²) < 4.78 is 40.6. The molecule has 4 rings (SSSR count). The highest BCUT2D eigenvalue weighted by molar-refractivity contribution is 7.92. The summed E-state index contributed by atoms with van der Waals surface area (Å²) in [6, 6.07) is 25.5. The van der Waals surface area contributed by atoms with Gasteiger partial charge in [0.1, 0.15) is 24.1 Å². The minimum Gasteiger partial charge on any atom is -0.497 e. The third-order valence-corrected chi connectivity index (χ3v) is 9.91. The number of carbonyl (C=O) groups excluding carboxylic acids is 2. The van der Waals surface area contributed by atoms with Gasteiger partial charge in [0.25, 0.3) is 10.0 Å². The second-order valence-electron chi connectivity index (χ2n) is 12.0. The number of carbonyl (C=O) groups is 2. The second-order valence-corrected chi connectivity index (χ2v) is 14.7. The van der Waals surface area contributed by atoms with E-state index in [1.165, 1.54) is 37.3 Å². The molecular formula is C36H39Cl2N3O6S. The molecule has 0 saturated carbocycles. The van der Waals surface area contributed by atoms with Crippen molar-refractivity contribution >= 4 is 50.7 Å². The smallest absolute Gasteiger partial charge is 0.264 e. The van der Waals surface area contributed by atoms with Crippen LogP contribution in [0, 0.1) is 0 Å². The molecule has 0 aliphatic heterocycles. The van der Waals surface area contributed by atoms with E-state index < -0.39 is 40.0 Å². The molecule has 0 aliphatic carbocycles. The Balaban J connectivity index is 1.91. The SMILES string of the molecule is COc1ccc(OC)c(N(CC(=O)N(Cc2c(Cl)cccc2Cl)[C@H](Cc2ccccc2)C(=O)NC(C)(C)C)S(=O)(=O)c2ccccc2)c1. The van der Waals surface area contributed by atoms with E-state index in [0.29, 0.717) is 21.4 Å². The molecule has 4 aromatic rings. The van der Waals surface area contributed by atoms with Gasteiger partial charge in [-0.25, -0.2) is 8.42 Å². The fourth-order valence-corrected chi connectivity index (χ4v) is 7.04. The van der Waals surface area contributed by atoms with Crippen molar-refractivity contribution in [2.75, 3.05) is 25.1 Å². The van der Waals surface area contributed by atoms with Crippen molar-refractivity contribution in [3.8, 4) is 11.5 Å². The Morgan fingerprint density at radius 1 is 0.833 bits per heavy atom. The number of methoxy groups -OCH3 is 2. The molecule has 0 heterocycles. The summed E-state index contributed by atoms with van der Waals surface area (Å²) in [6.45, 7) is 4.64. The zero-order chi connectivity index (χ0) is 35.1. The third-order valence-electron chi connectivity index (χ3n) is 7.42. The molecule has 0 fully saturated rings. The van der Waals surface area contributed by atoms with E-state index >= 15 is 0 Å². The lowest BCUT2D eigenvalue weighted by atomic mass is 10.0. The first kappa shape index (κ1) is 36.6.